The summed E-state index contributed by atoms with van der Waals surface area (Å²) in [5, 5.41) is 2.40. The molecule has 0 amide bonds. The topological polar surface area (TPSA) is 3.24 Å². The monoisotopic (exact) mass is 539 g/mol. The molecule has 6 aromatic carbocycles. The first kappa shape index (κ1) is 26.5. The van der Waals surface area contributed by atoms with Gasteiger partial charge in [0.15, 0.2) is 0 Å². The van der Waals surface area contributed by atoms with Crippen molar-refractivity contribution in [2.24, 2.45) is 0 Å². The molecule has 0 saturated carbocycles. The van der Waals surface area contributed by atoms with Crippen molar-refractivity contribution in [3.63, 3.8) is 0 Å². The Kier molecular flexibility index (Phi) is 6.88. The average Bonchev–Trinajstić information content (AvgIpc) is 2.98. The van der Waals surface area contributed by atoms with E-state index in [9.17, 15) is 0 Å². The van der Waals surface area contributed by atoms with Crippen molar-refractivity contribution in [3.8, 4) is 33.4 Å². The standard InChI is InChI=1S/C38H31F2N/c1-38(2,3)41(36-16-10-9-15-34(36)39)37-33(29-12-5-4-6-13-29)24-32(25-35(37)40)28-19-17-27(18-20-28)31-22-21-26-11-7-8-14-30(26)23-31/h4-25H,1-3H3. The van der Waals surface area contributed by atoms with Gasteiger partial charge in [0.2, 0.25) is 0 Å². The van der Waals surface area contributed by atoms with Crippen molar-refractivity contribution in [3.05, 3.63) is 145 Å². The van der Waals surface area contributed by atoms with E-state index in [0.717, 1.165) is 27.8 Å². The van der Waals surface area contributed by atoms with Gasteiger partial charge in [-0.25, -0.2) is 8.78 Å². The van der Waals surface area contributed by atoms with E-state index < -0.39 is 17.2 Å². The molecular formula is C38H31F2N. The van der Waals surface area contributed by atoms with Crippen LogP contribution in [0.15, 0.2) is 133 Å². The molecule has 0 aromatic heterocycles. The van der Waals surface area contributed by atoms with Crippen molar-refractivity contribution in [1.82, 2.24) is 0 Å². The average molecular weight is 540 g/mol. The van der Waals surface area contributed by atoms with E-state index >= 15 is 8.78 Å². The summed E-state index contributed by atoms with van der Waals surface area (Å²) in [7, 11) is 0. The van der Waals surface area contributed by atoms with Crippen molar-refractivity contribution in [2.45, 2.75) is 26.3 Å². The summed E-state index contributed by atoms with van der Waals surface area (Å²) in [6.07, 6.45) is 0. The van der Waals surface area contributed by atoms with Crippen LogP contribution in [0.3, 0.4) is 0 Å². The lowest BCUT2D eigenvalue weighted by Gasteiger charge is -2.39. The number of fused-ring (bicyclic) bond motifs is 1. The lowest BCUT2D eigenvalue weighted by molar-refractivity contribution is 0.527. The van der Waals surface area contributed by atoms with Crippen LogP contribution in [0.25, 0.3) is 44.2 Å². The Bertz CT molecular complexity index is 1830. The van der Waals surface area contributed by atoms with Gasteiger partial charge in [-0.1, -0.05) is 103 Å². The number of hydrogen-bond donors (Lipinski definition) is 0. The van der Waals surface area contributed by atoms with E-state index in [1.54, 1.807) is 29.2 Å². The van der Waals surface area contributed by atoms with Gasteiger partial charge in [0, 0.05) is 11.1 Å². The van der Waals surface area contributed by atoms with Crippen LogP contribution in [-0.4, -0.2) is 5.54 Å². The molecule has 0 spiro atoms. The quantitative estimate of drug-likeness (QED) is 0.211. The van der Waals surface area contributed by atoms with Gasteiger partial charge in [0.25, 0.3) is 0 Å². The molecule has 0 radical (unpaired) electrons. The van der Waals surface area contributed by atoms with Crippen LogP contribution in [0.2, 0.25) is 0 Å². The maximum atomic E-state index is 16.4. The minimum Gasteiger partial charge on any atom is -0.331 e. The second-order valence-corrected chi connectivity index (χ2v) is 11.3. The number of rotatable bonds is 5. The molecule has 6 aromatic rings. The van der Waals surface area contributed by atoms with E-state index in [1.165, 1.54) is 16.8 Å². The molecule has 202 valence electrons. The van der Waals surface area contributed by atoms with Crippen LogP contribution >= 0.6 is 0 Å². The summed E-state index contributed by atoms with van der Waals surface area (Å²) in [5.41, 5.74) is 5.55. The highest BCUT2D eigenvalue weighted by molar-refractivity contribution is 5.89. The fraction of sp³-hybridized carbons (Fsp3) is 0.105. The van der Waals surface area contributed by atoms with Crippen LogP contribution in [-0.2, 0) is 0 Å². The third kappa shape index (κ3) is 5.24. The number of halogens is 2. The highest BCUT2D eigenvalue weighted by atomic mass is 19.1. The van der Waals surface area contributed by atoms with E-state index in [0.29, 0.717) is 16.9 Å². The molecule has 0 bridgehead atoms. The van der Waals surface area contributed by atoms with Gasteiger partial charge in [-0.05, 0) is 89.7 Å². The smallest absolute Gasteiger partial charge is 0.148 e. The molecule has 6 rings (SSSR count). The molecule has 0 aliphatic heterocycles. The van der Waals surface area contributed by atoms with E-state index in [1.807, 2.05) is 81.4 Å². The fourth-order valence-electron chi connectivity index (χ4n) is 5.51. The minimum absolute atomic E-state index is 0.337. The zero-order chi connectivity index (χ0) is 28.6. The third-order valence-electron chi connectivity index (χ3n) is 7.44. The Morgan fingerprint density at radius 3 is 1.73 bits per heavy atom. The zero-order valence-electron chi connectivity index (χ0n) is 23.4. The molecule has 0 fully saturated rings. The van der Waals surface area contributed by atoms with Gasteiger partial charge in [0.05, 0.1) is 11.4 Å². The summed E-state index contributed by atoms with van der Waals surface area (Å²) in [5.74, 6) is -0.799. The molecule has 0 unspecified atom stereocenters. The first-order valence-corrected chi connectivity index (χ1v) is 13.8. The minimum atomic E-state index is -0.602. The molecule has 0 atom stereocenters. The Morgan fingerprint density at radius 1 is 0.463 bits per heavy atom. The molecule has 3 heteroatoms. The lowest BCUT2D eigenvalue weighted by atomic mass is 9.92. The number of hydrogen-bond acceptors (Lipinski definition) is 1. The number of anilines is 2. The van der Waals surface area contributed by atoms with Crippen molar-refractivity contribution >= 4 is 22.1 Å². The molecular weight excluding hydrogens is 508 g/mol. The van der Waals surface area contributed by atoms with Crippen molar-refractivity contribution in [2.75, 3.05) is 4.90 Å². The first-order chi connectivity index (χ1) is 19.8. The third-order valence-corrected chi connectivity index (χ3v) is 7.44. The zero-order valence-corrected chi connectivity index (χ0v) is 23.4. The van der Waals surface area contributed by atoms with Gasteiger partial charge in [-0.15, -0.1) is 0 Å². The van der Waals surface area contributed by atoms with Crippen LogP contribution < -0.4 is 4.90 Å². The lowest BCUT2D eigenvalue weighted by Crippen LogP contribution is -2.39. The maximum absolute atomic E-state index is 16.4. The van der Waals surface area contributed by atoms with Gasteiger partial charge in [0.1, 0.15) is 11.6 Å². The first-order valence-electron chi connectivity index (χ1n) is 13.8. The molecule has 0 saturated heterocycles. The molecule has 0 aliphatic carbocycles. The second-order valence-electron chi connectivity index (χ2n) is 11.3. The number of benzene rings is 6. The number of nitrogens with zero attached hydrogens (tertiary/aromatic N) is 1. The highest BCUT2D eigenvalue weighted by Crippen LogP contribution is 2.44. The predicted molar refractivity (Wildman–Crippen MR) is 169 cm³/mol. The van der Waals surface area contributed by atoms with Crippen molar-refractivity contribution in [1.29, 1.82) is 0 Å². The molecule has 41 heavy (non-hydrogen) atoms. The van der Waals surface area contributed by atoms with Gasteiger partial charge >= 0.3 is 0 Å². The van der Waals surface area contributed by atoms with Crippen LogP contribution in [0.1, 0.15) is 20.8 Å². The maximum Gasteiger partial charge on any atom is 0.148 e. The summed E-state index contributed by atoms with van der Waals surface area (Å²) in [4.78, 5) is 1.77. The Morgan fingerprint density at radius 2 is 1.05 bits per heavy atom. The normalized spacial score (nSPS) is 11.5. The molecule has 1 nitrogen and oxygen atoms in total. The summed E-state index contributed by atoms with van der Waals surface area (Å²) in [6, 6.07) is 42.9. The van der Waals surface area contributed by atoms with Gasteiger partial charge in [-0.3, -0.25) is 0 Å². The van der Waals surface area contributed by atoms with Crippen LogP contribution in [0.5, 0.6) is 0 Å². The van der Waals surface area contributed by atoms with Crippen molar-refractivity contribution < 1.29 is 8.78 Å². The summed E-state index contributed by atoms with van der Waals surface area (Å²) in [6.45, 7) is 5.90. The Labute approximate surface area is 240 Å². The molecule has 0 aliphatic rings. The SMILES string of the molecule is CC(C)(C)N(c1ccccc1F)c1c(F)cc(-c2ccc(-c3ccc4ccccc4c3)cc2)cc1-c1ccccc1. The highest BCUT2D eigenvalue weighted by Gasteiger charge is 2.31. The molecule has 0 heterocycles. The van der Waals surface area contributed by atoms with E-state index in [2.05, 4.69) is 42.5 Å². The summed E-state index contributed by atoms with van der Waals surface area (Å²) >= 11 is 0. The molecule has 0 N–H and O–H groups in total. The number of para-hydroxylation sites is 1. The predicted octanol–water partition coefficient (Wildman–Crippen LogP) is 11.1. The van der Waals surface area contributed by atoms with E-state index in [4.69, 9.17) is 0 Å². The Balaban J connectivity index is 1.48. The van der Waals surface area contributed by atoms with Gasteiger partial charge in [-0.2, -0.15) is 0 Å². The second kappa shape index (κ2) is 10.7. The fourth-order valence-corrected chi connectivity index (χ4v) is 5.51. The largest absolute Gasteiger partial charge is 0.331 e. The summed E-state index contributed by atoms with van der Waals surface area (Å²) < 4.78 is 31.6. The van der Waals surface area contributed by atoms with Crippen LogP contribution in [0.4, 0.5) is 20.2 Å². The van der Waals surface area contributed by atoms with Gasteiger partial charge < -0.3 is 4.90 Å². The van der Waals surface area contributed by atoms with Crippen LogP contribution in [0, 0.1) is 11.6 Å². The Hall–Kier alpha value is -4.76. The van der Waals surface area contributed by atoms with E-state index in [-0.39, 0.29) is 0 Å².